The molecule has 1 heterocycles. The first kappa shape index (κ1) is 19.4. The minimum atomic E-state index is -4.91. The number of aromatic nitrogens is 2. The first-order valence-corrected chi connectivity index (χ1v) is 6.86. The lowest BCUT2D eigenvalue weighted by Gasteiger charge is -2.15. The van der Waals surface area contributed by atoms with E-state index in [4.69, 9.17) is 4.74 Å². The van der Waals surface area contributed by atoms with Crippen molar-refractivity contribution in [3.63, 3.8) is 0 Å². The molecule has 0 atom stereocenters. The highest BCUT2D eigenvalue weighted by atomic mass is 19.4. The van der Waals surface area contributed by atoms with Crippen molar-refractivity contribution in [2.24, 2.45) is 0 Å². The lowest BCUT2D eigenvalue weighted by atomic mass is 10.2. The van der Waals surface area contributed by atoms with Crippen LogP contribution in [0.5, 0.6) is 11.5 Å². The number of rotatable bonds is 5. The van der Waals surface area contributed by atoms with Gasteiger partial charge in [-0.3, -0.25) is 0 Å². The highest BCUT2D eigenvalue weighted by Crippen LogP contribution is 2.36. The van der Waals surface area contributed by atoms with Gasteiger partial charge in [-0.25, -0.2) is 4.98 Å². The molecule has 2 N–H and O–H groups in total. The third kappa shape index (κ3) is 4.80. The minimum Gasteiger partial charge on any atom is -0.495 e. The number of nitrogens with one attached hydrogen (secondary N) is 2. The molecule has 6 nitrogen and oxygen atoms in total. The van der Waals surface area contributed by atoms with Crippen LogP contribution in [0.4, 0.5) is 43.8 Å². The summed E-state index contributed by atoms with van der Waals surface area (Å²) in [6, 6.07) is 3.16. The van der Waals surface area contributed by atoms with Crippen LogP contribution in [-0.2, 0) is 6.18 Å². The largest absolute Gasteiger partial charge is 0.573 e. The summed E-state index contributed by atoms with van der Waals surface area (Å²) < 4.78 is 84.3. The van der Waals surface area contributed by atoms with Crippen LogP contribution in [-0.4, -0.2) is 30.5 Å². The Kier molecular flexibility index (Phi) is 5.33. The van der Waals surface area contributed by atoms with Crippen LogP contribution >= 0.6 is 0 Å². The van der Waals surface area contributed by atoms with Crippen molar-refractivity contribution < 1.29 is 35.8 Å². The molecule has 0 unspecified atom stereocenters. The van der Waals surface area contributed by atoms with Gasteiger partial charge in [0.15, 0.2) is 0 Å². The van der Waals surface area contributed by atoms with Crippen LogP contribution in [0.2, 0.25) is 0 Å². The van der Waals surface area contributed by atoms with Crippen molar-refractivity contribution in [1.29, 1.82) is 0 Å². The van der Waals surface area contributed by atoms with Gasteiger partial charge in [0.2, 0.25) is 5.95 Å². The van der Waals surface area contributed by atoms with E-state index in [1.807, 2.05) is 0 Å². The molecule has 0 saturated heterocycles. The number of ether oxygens (including phenoxy) is 2. The van der Waals surface area contributed by atoms with Gasteiger partial charge >= 0.3 is 12.5 Å². The first-order valence-electron chi connectivity index (χ1n) is 6.86. The second-order valence-electron chi connectivity index (χ2n) is 4.74. The minimum absolute atomic E-state index is 0.0314. The molecule has 0 aliphatic rings. The standard InChI is InChI=1S/C14H12F6N4O2/c1-21-11-8(13(15,16)17)6-22-12(24-11)23-9-5-7(26-14(18,19)20)3-4-10(9)25-2/h3-6H,1-2H3,(H2,21,22,23,24). The number of methoxy groups -OCH3 is 1. The van der Waals surface area contributed by atoms with Crippen LogP contribution in [0.3, 0.4) is 0 Å². The zero-order valence-electron chi connectivity index (χ0n) is 13.3. The van der Waals surface area contributed by atoms with Crippen LogP contribution < -0.4 is 20.1 Å². The molecule has 0 saturated carbocycles. The number of halogens is 6. The normalized spacial score (nSPS) is 11.8. The number of hydrogen-bond donors (Lipinski definition) is 2. The van der Waals surface area contributed by atoms with Crippen molar-refractivity contribution in [2.45, 2.75) is 12.5 Å². The van der Waals surface area contributed by atoms with Gasteiger partial charge in [-0.1, -0.05) is 0 Å². The summed E-state index contributed by atoms with van der Waals surface area (Å²) in [4.78, 5) is 7.19. The zero-order valence-corrected chi connectivity index (χ0v) is 13.3. The molecule has 0 bridgehead atoms. The SMILES string of the molecule is CNc1nc(Nc2cc(OC(F)(F)F)ccc2OC)ncc1C(F)(F)F. The summed E-state index contributed by atoms with van der Waals surface area (Å²) >= 11 is 0. The molecule has 0 amide bonds. The van der Waals surface area contributed by atoms with E-state index in [0.717, 1.165) is 12.1 Å². The van der Waals surface area contributed by atoms with E-state index < -0.39 is 29.7 Å². The third-order valence-corrected chi connectivity index (χ3v) is 2.98. The maximum absolute atomic E-state index is 12.8. The van der Waals surface area contributed by atoms with E-state index in [2.05, 4.69) is 25.3 Å². The van der Waals surface area contributed by atoms with E-state index in [1.165, 1.54) is 20.2 Å². The third-order valence-electron chi connectivity index (χ3n) is 2.98. The summed E-state index contributed by atoms with van der Waals surface area (Å²) in [7, 11) is 2.50. The smallest absolute Gasteiger partial charge is 0.495 e. The van der Waals surface area contributed by atoms with Crippen LogP contribution in [0.15, 0.2) is 24.4 Å². The van der Waals surface area contributed by atoms with Gasteiger partial charge < -0.3 is 20.1 Å². The Labute approximate surface area is 143 Å². The maximum atomic E-state index is 12.8. The van der Waals surface area contributed by atoms with E-state index in [1.54, 1.807) is 0 Å². The molecule has 1 aromatic heterocycles. The van der Waals surface area contributed by atoms with Crippen molar-refractivity contribution in [3.8, 4) is 11.5 Å². The summed E-state index contributed by atoms with van der Waals surface area (Å²) in [6.07, 6.45) is -9.03. The summed E-state index contributed by atoms with van der Waals surface area (Å²) in [5.41, 5.74) is -1.12. The molecule has 0 aliphatic heterocycles. The van der Waals surface area contributed by atoms with Crippen molar-refractivity contribution in [2.75, 3.05) is 24.8 Å². The Balaban J connectivity index is 2.36. The number of hydrogen-bond acceptors (Lipinski definition) is 6. The van der Waals surface area contributed by atoms with Crippen molar-refractivity contribution in [3.05, 3.63) is 30.0 Å². The molecule has 26 heavy (non-hydrogen) atoms. The Morgan fingerprint density at radius 2 is 1.77 bits per heavy atom. The predicted molar refractivity (Wildman–Crippen MR) is 79.5 cm³/mol. The highest BCUT2D eigenvalue weighted by Gasteiger charge is 2.35. The molecule has 12 heteroatoms. The van der Waals surface area contributed by atoms with Gasteiger partial charge in [0.25, 0.3) is 0 Å². The van der Waals surface area contributed by atoms with Crippen LogP contribution in [0, 0.1) is 0 Å². The molecule has 1 aromatic carbocycles. The van der Waals surface area contributed by atoms with Gasteiger partial charge in [-0.15, -0.1) is 13.2 Å². The number of anilines is 3. The van der Waals surface area contributed by atoms with Crippen molar-refractivity contribution in [1.82, 2.24) is 9.97 Å². The van der Waals surface area contributed by atoms with Gasteiger partial charge in [0.1, 0.15) is 22.9 Å². The van der Waals surface area contributed by atoms with Crippen LogP contribution in [0.1, 0.15) is 5.56 Å². The van der Waals surface area contributed by atoms with Crippen LogP contribution in [0.25, 0.3) is 0 Å². The summed E-state index contributed by atoms with van der Waals surface area (Å²) in [6.45, 7) is 0. The molecular formula is C14H12F6N4O2. The number of nitrogens with zero attached hydrogens (tertiary/aromatic N) is 2. The van der Waals surface area contributed by atoms with Gasteiger partial charge in [-0.2, -0.15) is 18.2 Å². The van der Waals surface area contributed by atoms with Crippen molar-refractivity contribution >= 4 is 17.5 Å². The second kappa shape index (κ2) is 7.14. The molecule has 0 aliphatic carbocycles. The van der Waals surface area contributed by atoms with Gasteiger partial charge in [0.05, 0.1) is 12.8 Å². The fraction of sp³-hybridized carbons (Fsp3) is 0.286. The molecular weight excluding hydrogens is 370 g/mol. The Morgan fingerprint density at radius 1 is 1.08 bits per heavy atom. The molecule has 0 spiro atoms. The lowest BCUT2D eigenvalue weighted by molar-refractivity contribution is -0.274. The van der Waals surface area contributed by atoms with Gasteiger partial charge in [-0.05, 0) is 12.1 Å². The topological polar surface area (TPSA) is 68.3 Å². The van der Waals surface area contributed by atoms with E-state index >= 15 is 0 Å². The number of benzene rings is 1. The molecule has 0 radical (unpaired) electrons. The Morgan fingerprint density at radius 3 is 2.31 bits per heavy atom. The quantitative estimate of drug-likeness (QED) is 0.756. The molecule has 2 aromatic rings. The maximum Gasteiger partial charge on any atom is 0.573 e. The predicted octanol–water partition coefficient (Wildman–Crippen LogP) is 4.19. The monoisotopic (exact) mass is 382 g/mol. The zero-order chi connectivity index (χ0) is 19.5. The Bertz CT molecular complexity index is 779. The summed E-state index contributed by atoms with van der Waals surface area (Å²) in [5, 5.41) is 4.78. The second-order valence-corrected chi connectivity index (χ2v) is 4.74. The first-order chi connectivity index (χ1) is 12.0. The fourth-order valence-corrected chi connectivity index (χ4v) is 1.94. The fourth-order valence-electron chi connectivity index (χ4n) is 1.94. The van der Waals surface area contributed by atoms with Gasteiger partial charge in [0, 0.05) is 19.3 Å². The molecule has 0 fully saturated rings. The highest BCUT2D eigenvalue weighted by molar-refractivity contribution is 5.65. The van der Waals surface area contributed by atoms with E-state index in [9.17, 15) is 26.3 Å². The average Bonchev–Trinajstić information content (AvgIpc) is 2.52. The van der Waals surface area contributed by atoms with E-state index in [-0.39, 0.29) is 17.4 Å². The molecule has 142 valence electrons. The lowest BCUT2D eigenvalue weighted by Crippen LogP contribution is -2.17. The van der Waals surface area contributed by atoms with E-state index in [0.29, 0.717) is 6.20 Å². The average molecular weight is 382 g/mol. The number of alkyl halides is 6. The molecule has 2 rings (SSSR count). The Hall–Kier alpha value is -2.92. The summed E-state index contributed by atoms with van der Waals surface area (Å²) in [5.74, 6) is -1.24.